The molecule has 0 aliphatic carbocycles. The number of rotatable bonds is 8. The second-order valence-corrected chi connectivity index (χ2v) is 8.94. The van der Waals surface area contributed by atoms with Gasteiger partial charge in [0.05, 0.1) is 0 Å². The Balaban J connectivity index is 1.43. The molecule has 1 fully saturated rings. The fourth-order valence-electron chi connectivity index (χ4n) is 3.53. The van der Waals surface area contributed by atoms with E-state index in [2.05, 4.69) is 33.9 Å². The SMILES string of the molecule is CC(C)c1nnc(N2CCC[C@H](CCC(=O)N(C)CCc3ccccn3)C2)s1. The van der Waals surface area contributed by atoms with Gasteiger partial charge in [-0.05, 0) is 37.3 Å². The zero-order valence-corrected chi connectivity index (χ0v) is 18.0. The molecule has 1 amide bonds. The summed E-state index contributed by atoms with van der Waals surface area (Å²) in [5.41, 5.74) is 1.03. The van der Waals surface area contributed by atoms with Gasteiger partial charge in [-0.3, -0.25) is 9.78 Å². The molecule has 6 nitrogen and oxygen atoms in total. The van der Waals surface area contributed by atoms with Gasteiger partial charge >= 0.3 is 0 Å². The van der Waals surface area contributed by atoms with Gasteiger partial charge in [0.2, 0.25) is 11.0 Å². The first-order valence-corrected chi connectivity index (χ1v) is 11.1. The number of piperidine rings is 1. The number of hydrogen-bond acceptors (Lipinski definition) is 6. The zero-order valence-electron chi connectivity index (χ0n) is 17.2. The Kier molecular flexibility index (Phi) is 7.36. The van der Waals surface area contributed by atoms with E-state index >= 15 is 0 Å². The van der Waals surface area contributed by atoms with Crippen LogP contribution in [0.5, 0.6) is 0 Å². The maximum atomic E-state index is 12.5. The Bertz CT molecular complexity index is 748. The van der Waals surface area contributed by atoms with Crippen molar-refractivity contribution < 1.29 is 4.79 Å². The third kappa shape index (κ3) is 5.74. The molecule has 0 saturated carbocycles. The van der Waals surface area contributed by atoms with E-state index in [1.54, 1.807) is 17.5 Å². The molecule has 0 N–H and O–H groups in total. The van der Waals surface area contributed by atoms with Crippen LogP contribution in [-0.4, -0.2) is 52.7 Å². The minimum Gasteiger partial charge on any atom is -0.346 e. The summed E-state index contributed by atoms with van der Waals surface area (Å²) in [6.07, 6.45) is 6.51. The van der Waals surface area contributed by atoms with Crippen molar-refractivity contribution >= 4 is 22.4 Å². The number of carbonyl (C=O) groups is 1. The van der Waals surface area contributed by atoms with Crippen LogP contribution < -0.4 is 4.90 Å². The second kappa shape index (κ2) is 9.96. The molecule has 152 valence electrons. The van der Waals surface area contributed by atoms with Crippen molar-refractivity contribution in [3.63, 3.8) is 0 Å². The van der Waals surface area contributed by atoms with Crippen LogP contribution in [-0.2, 0) is 11.2 Å². The summed E-state index contributed by atoms with van der Waals surface area (Å²) in [5.74, 6) is 1.20. The van der Waals surface area contributed by atoms with Gasteiger partial charge in [0.25, 0.3) is 0 Å². The molecule has 2 aromatic rings. The third-order valence-electron chi connectivity index (χ3n) is 5.34. The van der Waals surface area contributed by atoms with Crippen molar-refractivity contribution in [2.24, 2.45) is 5.92 Å². The summed E-state index contributed by atoms with van der Waals surface area (Å²) >= 11 is 1.71. The maximum Gasteiger partial charge on any atom is 0.222 e. The largest absolute Gasteiger partial charge is 0.346 e. The quantitative estimate of drug-likeness (QED) is 0.674. The smallest absolute Gasteiger partial charge is 0.222 e. The molecule has 0 bridgehead atoms. The van der Waals surface area contributed by atoms with Gasteiger partial charge < -0.3 is 9.80 Å². The van der Waals surface area contributed by atoms with Crippen LogP contribution in [0, 0.1) is 5.92 Å². The Labute approximate surface area is 172 Å². The van der Waals surface area contributed by atoms with Crippen molar-refractivity contribution in [3.8, 4) is 0 Å². The van der Waals surface area contributed by atoms with Gasteiger partial charge in [0.15, 0.2) is 0 Å². The maximum absolute atomic E-state index is 12.5. The van der Waals surface area contributed by atoms with Gasteiger partial charge in [-0.15, -0.1) is 10.2 Å². The molecule has 1 aliphatic heterocycles. The molecule has 0 aromatic carbocycles. The van der Waals surface area contributed by atoms with E-state index in [0.717, 1.165) is 54.7 Å². The second-order valence-electron chi connectivity index (χ2n) is 7.96. The topological polar surface area (TPSA) is 62.2 Å². The predicted octanol–water partition coefficient (Wildman–Crippen LogP) is 3.75. The first kappa shape index (κ1) is 20.7. The van der Waals surface area contributed by atoms with Crippen molar-refractivity contribution in [2.75, 3.05) is 31.6 Å². The average molecular weight is 402 g/mol. The van der Waals surface area contributed by atoms with Gasteiger partial charge in [-0.2, -0.15) is 0 Å². The molecule has 3 heterocycles. The summed E-state index contributed by atoms with van der Waals surface area (Å²) < 4.78 is 0. The number of amides is 1. The minimum atomic E-state index is 0.228. The van der Waals surface area contributed by atoms with Gasteiger partial charge in [-0.25, -0.2) is 0 Å². The van der Waals surface area contributed by atoms with Crippen molar-refractivity contribution in [3.05, 3.63) is 35.1 Å². The Hall–Kier alpha value is -2.02. The number of hydrogen-bond donors (Lipinski definition) is 0. The van der Waals surface area contributed by atoms with Crippen LogP contribution in [0.25, 0.3) is 0 Å². The van der Waals surface area contributed by atoms with Crippen LogP contribution in [0.2, 0.25) is 0 Å². The highest BCUT2D eigenvalue weighted by atomic mass is 32.1. The molecule has 1 saturated heterocycles. The number of likely N-dealkylation sites (N-methyl/N-ethyl adjacent to an activating group) is 1. The predicted molar refractivity (Wildman–Crippen MR) is 114 cm³/mol. The molecule has 1 aliphatic rings. The zero-order chi connectivity index (χ0) is 19.9. The molecule has 0 spiro atoms. The first-order chi connectivity index (χ1) is 13.5. The van der Waals surface area contributed by atoms with E-state index in [-0.39, 0.29) is 5.91 Å². The summed E-state index contributed by atoms with van der Waals surface area (Å²) in [4.78, 5) is 21.0. The lowest BCUT2D eigenvalue weighted by Gasteiger charge is -2.32. The molecule has 2 aromatic heterocycles. The summed E-state index contributed by atoms with van der Waals surface area (Å²) in [7, 11) is 1.90. The molecular weight excluding hydrogens is 370 g/mol. The summed E-state index contributed by atoms with van der Waals surface area (Å²) in [5, 5.41) is 10.8. The Morgan fingerprint density at radius 2 is 2.21 bits per heavy atom. The Morgan fingerprint density at radius 3 is 2.93 bits per heavy atom. The van der Waals surface area contributed by atoms with Gasteiger partial charge in [0.1, 0.15) is 5.01 Å². The van der Waals surface area contributed by atoms with Gasteiger partial charge in [-0.1, -0.05) is 31.3 Å². The van der Waals surface area contributed by atoms with Crippen molar-refractivity contribution in [1.82, 2.24) is 20.1 Å². The van der Waals surface area contributed by atoms with Gasteiger partial charge in [0, 0.05) is 57.3 Å². The number of nitrogens with zero attached hydrogens (tertiary/aromatic N) is 5. The fraction of sp³-hybridized carbons (Fsp3) is 0.619. The monoisotopic (exact) mass is 401 g/mol. The van der Waals surface area contributed by atoms with E-state index in [9.17, 15) is 4.79 Å². The molecular formula is C21H31N5OS. The minimum absolute atomic E-state index is 0.228. The Morgan fingerprint density at radius 1 is 1.36 bits per heavy atom. The van der Waals surface area contributed by atoms with Crippen LogP contribution in [0.3, 0.4) is 0 Å². The molecule has 3 rings (SSSR count). The highest BCUT2D eigenvalue weighted by Crippen LogP contribution is 2.30. The fourth-order valence-corrected chi connectivity index (χ4v) is 4.41. The van der Waals surface area contributed by atoms with Crippen LogP contribution >= 0.6 is 11.3 Å². The molecule has 28 heavy (non-hydrogen) atoms. The molecule has 0 unspecified atom stereocenters. The highest BCUT2D eigenvalue weighted by Gasteiger charge is 2.24. The van der Waals surface area contributed by atoms with E-state index in [4.69, 9.17) is 0 Å². The molecule has 0 radical (unpaired) electrons. The number of pyridine rings is 1. The lowest BCUT2D eigenvalue weighted by Crippen LogP contribution is -2.36. The van der Waals surface area contributed by atoms with E-state index in [1.165, 1.54) is 6.42 Å². The van der Waals surface area contributed by atoms with E-state index < -0.39 is 0 Å². The normalized spacial score (nSPS) is 17.1. The summed E-state index contributed by atoms with van der Waals surface area (Å²) in [6.45, 7) is 7.05. The molecule has 7 heteroatoms. The van der Waals surface area contributed by atoms with E-state index in [0.29, 0.717) is 18.3 Å². The molecule has 1 atom stereocenters. The third-order valence-corrected chi connectivity index (χ3v) is 6.62. The van der Waals surface area contributed by atoms with Crippen molar-refractivity contribution in [2.45, 2.75) is 51.9 Å². The summed E-state index contributed by atoms with van der Waals surface area (Å²) in [6, 6.07) is 5.91. The number of aromatic nitrogens is 3. The number of anilines is 1. The van der Waals surface area contributed by atoms with Crippen molar-refractivity contribution in [1.29, 1.82) is 0 Å². The first-order valence-electron chi connectivity index (χ1n) is 10.2. The van der Waals surface area contributed by atoms with Crippen LogP contribution in [0.4, 0.5) is 5.13 Å². The van der Waals surface area contributed by atoms with Crippen LogP contribution in [0.1, 0.15) is 56.2 Å². The van der Waals surface area contributed by atoms with Crippen LogP contribution in [0.15, 0.2) is 24.4 Å². The van der Waals surface area contributed by atoms with E-state index in [1.807, 2.05) is 30.1 Å². The lowest BCUT2D eigenvalue weighted by molar-refractivity contribution is -0.130. The highest BCUT2D eigenvalue weighted by molar-refractivity contribution is 7.15. The standard InChI is InChI=1S/C21H31N5OS/c1-16(2)20-23-24-21(28-20)26-13-6-7-17(15-26)9-10-19(27)25(3)14-11-18-8-4-5-12-22-18/h4-5,8,12,16-17H,6-7,9-11,13-15H2,1-3H3/t17-/m1/s1. The number of carbonyl (C=O) groups excluding carboxylic acids is 1. The lowest BCUT2D eigenvalue weighted by atomic mass is 9.93. The average Bonchev–Trinajstić information content (AvgIpc) is 3.22.